The maximum atomic E-state index is 10.7. The number of rotatable bonds is 5. The van der Waals surface area contributed by atoms with E-state index in [9.17, 15) is 5.11 Å². The highest BCUT2D eigenvalue weighted by Crippen LogP contribution is 2.34. The van der Waals surface area contributed by atoms with Crippen molar-refractivity contribution in [2.24, 2.45) is 0 Å². The highest BCUT2D eigenvalue weighted by molar-refractivity contribution is 5.63. The number of ether oxygens (including phenoxy) is 2. The van der Waals surface area contributed by atoms with E-state index in [-0.39, 0.29) is 31.0 Å². The number of piperidine rings is 1. The van der Waals surface area contributed by atoms with Crippen molar-refractivity contribution in [1.29, 1.82) is 0 Å². The maximum absolute atomic E-state index is 10.7. The van der Waals surface area contributed by atoms with Crippen LogP contribution in [0.5, 0.6) is 11.6 Å². The Morgan fingerprint density at radius 1 is 1.25 bits per heavy atom. The summed E-state index contributed by atoms with van der Waals surface area (Å²) in [6, 6.07) is 5.86. The summed E-state index contributed by atoms with van der Waals surface area (Å²) in [5.41, 5.74) is 8.14. The molecule has 2 saturated heterocycles. The van der Waals surface area contributed by atoms with Gasteiger partial charge in [0.05, 0.1) is 43.5 Å². The predicted molar refractivity (Wildman–Crippen MR) is 119 cm³/mol. The Kier molecular flexibility index (Phi) is 4.47. The van der Waals surface area contributed by atoms with Crippen molar-refractivity contribution in [2.75, 3.05) is 39.0 Å². The van der Waals surface area contributed by atoms with Crippen molar-refractivity contribution in [2.45, 2.75) is 31.4 Å². The molecule has 5 rings (SSSR count). The van der Waals surface area contributed by atoms with Crippen LogP contribution in [0.1, 0.15) is 34.1 Å². The Hall–Kier alpha value is -3.01. The fourth-order valence-corrected chi connectivity index (χ4v) is 4.07. The summed E-state index contributed by atoms with van der Waals surface area (Å²) in [5, 5.41) is 15.1. The highest BCUT2D eigenvalue weighted by atomic mass is 16.5. The van der Waals surface area contributed by atoms with Crippen LogP contribution in [0, 0.1) is 6.92 Å². The Labute approximate surface area is 191 Å². The molecule has 0 atom stereocenters. The van der Waals surface area contributed by atoms with Gasteiger partial charge in [0.2, 0.25) is 0 Å². The fraction of sp³-hybridized carbons (Fsp3) is 0.435. The summed E-state index contributed by atoms with van der Waals surface area (Å²) in [6.45, 7) is 1.38. The van der Waals surface area contributed by atoms with Crippen molar-refractivity contribution >= 4 is 5.82 Å². The van der Waals surface area contributed by atoms with Crippen molar-refractivity contribution in [3.8, 4) is 22.9 Å². The van der Waals surface area contributed by atoms with Crippen LogP contribution in [-0.4, -0.2) is 63.0 Å². The number of benzene rings is 1. The molecular weight excluding hydrogens is 408 g/mol. The van der Waals surface area contributed by atoms with E-state index < -0.39 is 12.6 Å². The van der Waals surface area contributed by atoms with E-state index in [2.05, 4.69) is 15.1 Å². The van der Waals surface area contributed by atoms with Crippen molar-refractivity contribution in [3.05, 3.63) is 47.9 Å². The summed E-state index contributed by atoms with van der Waals surface area (Å²) in [6.07, 6.45) is 6.29. The Balaban J connectivity index is 1.33. The van der Waals surface area contributed by atoms with E-state index >= 15 is 0 Å². The zero-order valence-corrected chi connectivity index (χ0v) is 17.9. The van der Waals surface area contributed by atoms with E-state index in [0.717, 1.165) is 16.7 Å². The number of anilines is 1. The second-order valence-electron chi connectivity index (χ2n) is 8.53. The van der Waals surface area contributed by atoms with Crippen LogP contribution < -0.4 is 10.5 Å². The van der Waals surface area contributed by atoms with E-state index in [0.29, 0.717) is 37.4 Å². The number of likely N-dealkylation sites (tertiary alicyclic amines) is 1. The molecule has 0 amide bonds. The van der Waals surface area contributed by atoms with E-state index in [1.54, 1.807) is 23.3 Å². The van der Waals surface area contributed by atoms with Crippen LogP contribution in [-0.2, 0) is 10.3 Å². The first kappa shape index (κ1) is 17.5. The Bertz CT molecular complexity index is 1220. The van der Waals surface area contributed by atoms with E-state index in [1.807, 2.05) is 25.1 Å². The van der Waals surface area contributed by atoms with E-state index in [4.69, 9.17) is 19.3 Å². The van der Waals surface area contributed by atoms with E-state index in [1.165, 1.54) is 4.90 Å². The standard InChI is InChI=1S/C23H28N6O3/c1-15-7-16(9-17(8-15)23(30)13-31-14-23)20-11-25-21(24)22(27-20)32-19-10-26-29(12-19)18-3-5-28(2)6-4-18/h7-12,18,30H,3-6,13-14H2,1-2H3,(H2,24,25)/i2D3. The molecule has 3 N–H and O–H groups in total. The van der Waals surface area contributed by atoms with Gasteiger partial charge in [-0.15, -0.1) is 0 Å². The zero-order chi connectivity index (χ0) is 24.8. The number of nitrogen functional groups attached to an aromatic ring is 1. The smallest absolute Gasteiger partial charge is 0.263 e. The first-order valence-corrected chi connectivity index (χ1v) is 10.6. The third kappa shape index (κ3) is 4.06. The number of aliphatic hydroxyl groups is 1. The van der Waals surface area contributed by atoms with Crippen molar-refractivity contribution in [1.82, 2.24) is 24.6 Å². The zero-order valence-electron chi connectivity index (χ0n) is 20.9. The number of nitrogens with two attached hydrogens (primary N) is 1. The molecule has 0 aliphatic carbocycles. The predicted octanol–water partition coefficient (Wildman–Crippen LogP) is 2.51. The molecule has 32 heavy (non-hydrogen) atoms. The lowest BCUT2D eigenvalue weighted by Crippen LogP contribution is -2.46. The molecule has 4 heterocycles. The summed E-state index contributed by atoms with van der Waals surface area (Å²) in [4.78, 5) is 10.3. The summed E-state index contributed by atoms with van der Waals surface area (Å²) in [5.74, 6) is 0.770. The molecule has 2 fully saturated rings. The molecule has 3 aromatic rings. The summed E-state index contributed by atoms with van der Waals surface area (Å²) < 4.78 is 35.6. The minimum absolute atomic E-state index is 0.0905. The van der Waals surface area contributed by atoms with Gasteiger partial charge in [-0.2, -0.15) is 5.10 Å². The van der Waals surface area contributed by atoms with Gasteiger partial charge in [-0.3, -0.25) is 4.68 Å². The van der Waals surface area contributed by atoms with Gasteiger partial charge in [0.15, 0.2) is 11.6 Å². The first-order valence-electron chi connectivity index (χ1n) is 12.1. The lowest BCUT2D eigenvalue weighted by Gasteiger charge is -2.37. The van der Waals surface area contributed by atoms with Crippen LogP contribution in [0.3, 0.4) is 0 Å². The second kappa shape index (κ2) is 8.16. The van der Waals surface area contributed by atoms with Crippen molar-refractivity contribution < 1.29 is 18.7 Å². The lowest BCUT2D eigenvalue weighted by molar-refractivity contribution is -0.184. The van der Waals surface area contributed by atoms with Gasteiger partial charge < -0.3 is 25.2 Å². The molecule has 0 bridgehead atoms. The van der Waals surface area contributed by atoms with Crippen LogP contribution in [0.4, 0.5) is 5.82 Å². The fourth-order valence-electron chi connectivity index (χ4n) is 4.07. The molecule has 2 aromatic heterocycles. The highest BCUT2D eigenvalue weighted by Gasteiger charge is 2.38. The third-order valence-corrected chi connectivity index (χ3v) is 5.99. The number of aromatic nitrogens is 4. The van der Waals surface area contributed by atoms with Gasteiger partial charge >= 0.3 is 0 Å². The Morgan fingerprint density at radius 2 is 2.06 bits per heavy atom. The van der Waals surface area contributed by atoms with Gasteiger partial charge in [0, 0.05) is 9.68 Å². The molecule has 0 spiro atoms. The van der Waals surface area contributed by atoms with Gasteiger partial charge in [-0.1, -0.05) is 11.6 Å². The summed E-state index contributed by atoms with van der Waals surface area (Å²) in [7, 11) is 0. The monoisotopic (exact) mass is 439 g/mol. The van der Waals surface area contributed by atoms with Crippen LogP contribution >= 0.6 is 0 Å². The van der Waals surface area contributed by atoms with Crippen molar-refractivity contribution in [3.63, 3.8) is 0 Å². The second-order valence-corrected chi connectivity index (χ2v) is 8.53. The largest absolute Gasteiger partial charge is 0.433 e. The van der Waals surface area contributed by atoms with Crippen LogP contribution in [0.15, 0.2) is 36.8 Å². The molecule has 2 aliphatic rings. The first-order chi connectivity index (χ1) is 16.6. The molecule has 1 aromatic carbocycles. The minimum Gasteiger partial charge on any atom is -0.433 e. The SMILES string of the molecule is [2H]C([2H])([2H])N1CCC(n2cc(Oc3nc(-c4cc(C)cc(C5(O)COC5)c4)cnc3N)cn2)CC1. The van der Waals surface area contributed by atoms with Gasteiger partial charge in [-0.05, 0) is 57.5 Å². The molecule has 2 aliphatic heterocycles. The average molecular weight is 440 g/mol. The normalized spacial score (nSPS) is 20.8. The molecule has 0 saturated carbocycles. The third-order valence-electron chi connectivity index (χ3n) is 5.99. The number of hydrogen-bond donors (Lipinski definition) is 2. The lowest BCUT2D eigenvalue weighted by atomic mass is 9.89. The molecule has 0 unspecified atom stereocenters. The van der Waals surface area contributed by atoms with Crippen LogP contribution in [0.2, 0.25) is 0 Å². The topological polar surface area (TPSA) is 112 Å². The minimum atomic E-state index is -2.06. The molecule has 168 valence electrons. The van der Waals surface area contributed by atoms with Gasteiger partial charge in [0.1, 0.15) is 5.60 Å². The number of nitrogens with zero attached hydrogens (tertiary/aromatic N) is 5. The molecule has 9 heteroatoms. The van der Waals surface area contributed by atoms with Crippen LogP contribution in [0.25, 0.3) is 11.3 Å². The van der Waals surface area contributed by atoms with Gasteiger partial charge in [-0.25, -0.2) is 9.97 Å². The Morgan fingerprint density at radius 3 is 2.78 bits per heavy atom. The average Bonchev–Trinajstić information content (AvgIpc) is 3.26. The molecule has 0 radical (unpaired) electrons. The quantitative estimate of drug-likeness (QED) is 0.624. The molecular formula is C23H28N6O3. The molecule has 9 nitrogen and oxygen atoms in total. The number of aryl methyl sites for hydroxylation is 1. The number of hydrogen-bond acceptors (Lipinski definition) is 8. The maximum Gasteiger partial charge on any atom is 0.263 e. The van der Waals surface area contributed by atoms with Gasteiger partial charge in [0.25, 0.3) is 5.88 Å². The summed E-state index contributed by atoms with van der Waals surface area (Å²) >= 11 is 0.